The van der Waals surface area contributed by atoms with Crippen LogP contribution >= 0.6 is 0 Å². The van der Waals surface area contributed by atoms with E-state index >= 15 is 0 Å². The number of hydrogen-bond acceptors (Lipinski definition) is 2. The first kappa shape index (κ1) is 13.6. The average molecular weight is 289 g/mol. The highest BCUT2D eigenvalue weighted by Gasteiger charge is 2.39. The minimum absolute atomic E-state index is 0.112. The van der Waals surface area contributed by atoms with Crippen molar-refractivity contribution in [1.29, 1.82) is 0 Å². The molecule has 0 N–H and O–H groups in total. The highest BCUT2D eigenvalue weighted by molar-refractivity contribution is 6.54. The lowest BCUT2D eigenvalue weighted by atomic mass is 9.99. The van der Waals surface area contributed by atoms with Crippen molar-refractivity contribution in [2.75, 3.05) is 14.1 Å². The second-order valence-corrected chi connectivity index (χ2v) is 5.08. The molecule has 0 saturated carbocycles. The van der Waals surface area contributed by atoms with Crippen molar-refractivity contribution in [2.45, 2.75) is 0 Å². The third kappa shape index (κ3) is 2.61. The molecule has 1 heterocycles. The Morgan fingerprint density at radius 3 is 2.57 bits per heavy atom. The fourth-order valence-corrected chi connectivity index (χ4v) is 2.28. The van der Waals surface area contributed by atoms with Crippen molar-refractivity contribution in [3.63, 3.8) is 0 Å². The SMILES string of the molecule is C[N+](C)=C/C=C1/O[B-](F)(F)Oc2c1ccc1ccccc21. The second-order valence-electron chi connectivity index (χ2n) is 5.08. The van der Waals surface area contributed by atoms with Gasteiger partial charge >= 0.3 is 7.11 Å². The molecule has 0 amide bonds. The fraction of sp³-hybridized carbons (Fsp3) is 0.133. The summed E-state index contributed by atoms with van der Waals surface area (Å²) in [5.74, 6) is 0.281. The van der Waals surface area contributed by atoms with Crippen LogP contribution in [-0.2, 0) is 4.65 Å². The van der Waals surface area contributed by atoms with E-state index in [0.29, 0.717) is 10.9 Å². The van der Waals surface area contributed by atoms with Crippen LogP contribution in [0.5, 0.6) is 5.75 Å². The number of hydrogen-bond donors (Lipinski definition) is 0. The maximum atomic E-state index is 13.7. The third-order valence-corrected chi connectivity index (χ3v) is 3.19. The van der Waals surface area contributed by atoms with Crippen LogP contribution in [-0.4, -0.2) is 32.0 Å². The minimum atomic E-state index is -4.36. The van der Waals surface area contributed by atoms with E-state index in [0.717, 1.165) is 5.39 Å². The molecule has 0 bridgehead atoms. The Kier molecular flexibility index (Phi) is 3.16. The van der Waals surface area contributed by atoms with E-state index in [-0.39, 0.29) is 11.5 Å². The maximum Gasteiger partial charge on any atom is 0.725 e. The van der Waals surface area contributed by atoms with Crippen LogP contribution in [0.1, 0.15) is 5.56 Å². The number of rotatable bonds is 1. The van der Waals surface area contributed by atoms with Crippen LogP contribution in [0.15, 0.2) is 42.5 Å². The molecule has 2 aromatic rings. The van der Waals surface area contributed by atoms with Crippen LogP contribution in [0.4, 0.5) is 8.63 Å². The molecule has 0 fully saturated rings. The second kappa shape index (κ2) is 4.88. The van der Waals surface area contributed by atoms with Crippen LogP contribution in [0.25, 0.3) is 16.5 Å². The van der Waals surface area contributed by atoms with Crippen LogP contribution in [0, 0.1) is 0 Å². The highest BCUT2D eigenvalue weighted by atomic mass is 19.3. The van der Waals surface area contributed by atoms with Crippen LogP contribution in [0.3, 0.4) is 0 Å². The Morgan fingerprint density at radius 2 is 1.81 bits per heavy atom. The molecule has 108 valence electrons. The molecule has 0 unspecified atom stereocenters. The molecule has 1 aliphatic heterocycles. The van der Waals surface area contributed by atoms with Crippen molar-refractivity contribution < 1.29 is 22.5 Å². The summed E-state index contributed by atoms with van der Waals surface area (Å²) in [6.45, 7) is 0. The van der Waals surface area contributed by atoms with Crippen molar-refractivity contribution in [2.24, 2.45) is 0 Å². The Labute approximate surface area is 121 Å². The van der Waals surface area contributed by atoms with Gasteiger partial charge in [0, 0.05) is 11.5 Å². The quantitative estimate of drug-likeness (QED) is 0.456. The number of allylic oxidation sites excluding steroid dienone is 1. The average Bonchev–Trinajstić information content (AvgIpc) is 2.43. The van der Waals surface area contributed by atoms with Gasteiger partial charge in [-0.1, -0.05) is 30.3 Å². The molecule has 0 atom stereocenters. The number of halogens is 2. The maximum absolute atomic E-state index is 13.7. The molecule has 0 aliphatic carbocycles. The van der Waals surface area contributed by atoms with E-state index in [9.17, 15) is 8.63 Å². The molecule has 0 aromatic heterocycles. The third-order valence-electron chi connectivity index (χ3n) is 3.19. The summed E-state index contributed by atoms with van der Waals surface area (Å²) < 4.78 is 38.7. The van der Waals surface area contributed by atoms with Gasteiger partial charge in [0.1, 0.15) is 14.1 Å². The first-order chi connectivity index (χ1) is 9.96. The molecular weight excluding hydrogens is 275 g/mol. The van der Waals surface area contributed by atoms with Crippen molar-refractivity contribution in [3.05, 3.63) is 48.0 Å². The van der Waals surface area contributed by atoms with E-state index in [4.69, 9.17) is 9.31 Å². The zero-order chi connectivity index (χ0) is 15.0. The summed E-state index contributed by atoms with van der Waals surface area (Å²) in [7, 11) is -0.750. The zero-order valence-electron chi connectivity index (χ0n) is 11.7. The lowest BCUT2D eigenvalue weighted by Gasteiger charge is -2.36. The fourth-order valence-electron chi connectivity index (χ4n) is 2.28. The van der Waals surface area contributed by atoms with E-state index in [1.54, 1.807) is 43.1 Å². The molecular formula is C15H14BF2NO2. The largest absolute Gasteiger partial charge is 0.725 e. The first-order valence-corrected chi connectivity index (χ1v) is 6.58. The summed E-state index contributed by atoms with van der Waals surface area (Å²) in [4.78, 5) is 0. The van der Waals surface area contributed by atoms with Gasteiger partial charge in [-0.2, -0.15) is 0 Å². The molecule has 1 aliphatic rings. The predicted molar refractivity (Wildman–Crippen MR) is 79.8 cm³/mol. The molecule has 0 saturated heterocycles. The van der Waals surface area contributed by atoms with Gasteiger partial charge in [0.05, 0.1) is 17.1 Å². The van der Waals surface area contributed by atoms with E-state index in [2.05, 4.69) is 0 Å². The lowest BCUT2D eigenvalue weighted by Crippen LogP contribution is -2.38. The van der Waals surface area contributed by atoms with Gasteiger partial charge in [-0.05, 0) is 11.5 Å². The number of benzene rings is 2. The lowest BCUT2D eigenvalue weighted by molar-refractivity contribution is -0.458. The number of nitrogens with zero attached hydrogens (tertiary/aromatic N) is 1. The van der Waals surface area contributed by atoms with Crippen LogP contribution < -0.4 is 4.65 Å². The topological polar surface area (TPSA) is 21.5 Å². The molecule has 0 spiro atoms. The molecule has 6 heteroatoms. The Bertz CT molecular complexity index is 767. The van der Waals surface area contributed by atoms with Gasteiger partial charge in [-0.3, -0.25) is 0 Å². The van der Waals surface area contributed by atoms with Crippen LogP contribution in [0.2, 0.25) is 0 Å². The summed E-state index contributed by atoms with van der Waals surface area (Å²) in [5.41, 5.74) is 0.527. The summed E-state index contributed by atoms with van der Waals surface area (Å²) in [5, 5.41) is 1.50. The van der Waals surface area contributed by atoms with E-state index < -0.39 is 7.11 Å². The van der Waals surface area contributed by atoms with Gasteiger partial charge in [0.2, 0.25) is 0 Å². The van der Waals surface area contributed by atoms with Gasteiger partial charge in [-0.25, -0.2) is 4.58 Å². The van der Waals surface area contributed by atoms with Crippen molar-refractivity contribution >= 4 is 29.9 Å². The molecule has 3 rings (SSSR count). The van der Waals surface area contributed by atoms with Gasteiger partial charge < -0.3 is 17.9 Å². The zero-order valence-corrected chi connectivity index (χ0v) is 11.7. The van der Waals surface area contributed by atoms with E-state index in [1.165, 1.54) is 6.08 Å². The van der Waals surface area contributed by atoms with Gasteiger partial charge in [-0.15, -0.1) is 0 Å². The van der Waals surface area contributed by atoms with Gasteiger partial charge in [0.25, 0.3) is 0 Å². The summed E-state index contributed by atoms with van der Waals surface area (Å²) in [6, 6.07) is 10.9. The predicted octanol–water partition coefficient (Wildman–Crippen LogP) is 3.31. The normalized spacial score (nSPS) is 17.8. The first-order valence-electron chi connectivity index (χ1n) is 6.58. The Balaban J connectivity index is 2.24. The molecule has 3 nitrogen and oxygen atoms in total. The molecule has 21 heavy (non-hydrogen) atoms. The highest BCUT2D eigenvalue weighted by Crippen LogP contribution is 2.41. The monoisotopic (exact) mass is 289 g/mol. The van der Waals surface area contributed by atoms with Gasteiger partial charge in [0.15, 0.2) is 6.21 Å². The van der Waals surface area contributed by atoms with E-state index in [1.807, 2.05) is 18.2 Å². The minimum Gasteiger partial charge on any atom is -0.627 e. The summed E-state index contributed by atoms with van der Waals surface area (Å²) in [6.07, 6.45) is 3.18. The van der Waals surface area contributed by atoms with Crippen molar-refractivity contribution in [1.82, 2.24) is 0 Å². The standard InChI is InChI=1S/C15H14BF2NO2/c1-19(2)10-9-14-13-8-7-11-5-3-4-6-12(11)15(13)21-16(17,18)20-14/h3-10H,1-2H3/b14-9+. The Hall–Kier alpha value is -2.37. The molecule has 0 radical (unpaired) electrons. The Morgan fingerprint density at radius 1 is 1.05 bits per heavy atom. The molecule has 2 aromatic carbocycles. The summed E-state index contributed by atoms with van der Waals surface area (Å²) >= 11 is 0. The van der Waals surface area contributed by atoms with Crippen molar-refractivity contribution in [3.8, 4) is 5.75 Å². The smallest absolute Gasteiger partial charge is 0.627 e. The number of fused-ring (bicyclic) bond motifs is 3.